The summed E-state index contributed by atoms with van der Waals surface area (Å²) < 4.78 is 18.0. The van der Waals surface area contributed by atoms with E-state index in [0.29, 0.717) is 11.3 Å². The Morgan fingerprint density at radius 3 is 2.54 bits per heavy atom. The number of carbonyl (C=O) groups excluding carboxylic acids is 1. The van der Waals surface area contributed by atoms with Crippen molar-refractivity contribution >= 4 is 5.91 Å². The molecule has 1 aromatic rings. The maximum Gasteiger partial charge on any atom is 0.251 e. The van der Waals surface area contributed by atoms with Gasteiger partial charge in [0, 0.05) is 6.07 Å². The second-order valence-electron chi connectivity index (χ2n) is 2.67. The fourth-order valence-electron chi connectivity index (χ4n) is 1.14. The van der Waals surface area contributed by atoms with E-state index in [0.717, 1.165) is 6.07 Å². The number of halogens is 1. The number of nitrogens with two attached hydrogens (primary N) is 1. The van der Waals surface area contributed by atoms with E-state index in [9.17, 15) is 9.18 Å². The van der Waals surface area contributed by atoms with Gasteiger partial charge >= 0.3 is 0 Å². The van der Waals surface area contributed by atoms with E-state index in [4.69, 9.17) is 10.5 Å². The van der Waals surface area contributed by atoms with Crippen LogP contribution in [0.2, 0.25) is 0 Å². The fourth-order valence-corrected chi connectivity index (χ4v) is 1.14. The van der Waals surface area contributed by atoms with Crippen molar-refractivity contribution in [2.75, 3.05) is 7.11 Å². The third kappa shape index (κ3) is 1.77. The van der Waals surface area contributed by atoms with Crippen LogP contribution >= 0.6 is 0 Å². The zero-order valence-electron chi connectivity index (χ0n) is 7.43. The van der Waals surface area contributed by atoms with Gasteiger partial charge in [-0.2, -0.15) is 0 Å². The van der Waals surface area contributed by atoms with Crippen LogP contribution in [0.3, 0.4) is 0 Å². The number of aryl methyl sites for hydroxylation is 1. The zero-order valence-corrected chi connectivity index (χ0v) is 7.43. The molecule has 0 heterocycles. The number of rotatable bonds is 2. The highest BCUT2D eigenvalue weighted by atomic mass is 19.1. The van der Waals surface area contributed by atoms with Gasteiger partial charge in [0.05, 0.1) is 12.7 Å². The molecule has 0 bridgehead atoms. The lowest BCUT2D eigenvalue weighted by Gasteiger charge is -2.06. The lowest BCUT2D eigenvalue weighted by atomic mass is 10.1. The number of primary amides is 1. The van der Waals surface area contributed by atoms with Crippen LogP contribution in [0, 0.1) is 12.7 Å². The number of hydrogen-bond donors (Lipinski definition) is 1. The quantitative estimate of drug-likeness (QED) is 0.750. The average molecular weight is 183 g/mol. The Kier molecular flexibility index (Phi) is 2.51. The van der Waals surface area contributed by atoms with Gasteiger partial charge < -0.3 is 10.5 Å². The molecule has 0 aliphatic rings. The van der Waals surface area contributed by atoms with Gasteiger partial charge in [0.2, 0.25) is 0 Å². The van der Waals surface area contributed by atoms with E-state index in [1.54, 1.807) is 13.0 Å². The summed E-state index contributed by atoms with van der Waals surface area (Å²) in [6.45, 7) is 1.60. The van der Waals surface area contributed by atoms with Gasteiger partial charge in [-0.1, -0.05) is 0 Å². The number of benzene rings is 1. The third-order valence-corrected chi connectivity index (χ3v) is 1.74. The maximum absolute atomic E-state index is 13.2. The van der Waals surface area contributed by atoms with Crippen LogP contribution in [0.5, 0.6) is 5.75 Å². The van der Waals surface area contributed by atoms with Crippen LogP contribution in [-0.4, -0.2) is 13.0 Å². The first kappa shape index (κ1) is 9.51. The Hall–Kier alpha value is -1.58. The number of methoxy groups -OCH3 is 1. The minimum absolute atomic E-state index is 0.0826. The minimum atomic E-state index is -0.766. The van der Waals surface area contributed by atoms with E-state index in [2.05, 4.69) is 0 Å². The monoisotopic (exact) mass is 183 g/mol. The van der Waals surface area contributed by atoms with E-state index in [1.807, 2.05) is 0 Å². The molecule has 0 aliphatic carbocycles. The predicted molar refractivity (Wildman–Crippen MR) is 46.2 cm³/mol. The number of amides is 1. The summed E-state index contributed by atoms with van der Waals surface area (Å²) in [5.74, 6) is -1.04. The first-order valence-electron chi connectivity index (χ1n) is 3.70. The summed E-state index contributed by atoms with van der Waals surface area (Å²) in [6.07, 6.45) is 0. The largest absolute Gasteiger partial charge is 0.497 e. The second kappa shape index (κ2) is 3.43. The van der Waals surface area contributed by atoms with Crippen molar-refractivity contribution in [3.05, 3.63) is 29.1 Å². The molecular weight excluding hydrogens is 173 g/mol. The van der Waals surface area contributed by atoms with Gasteiger partial charge in [0.25, 0.3) is 5.91 Å². The van der Waals surface area contributed by atoms with Gasteiger partial charge in [-0.25, -0.2) is 4.39 Å². The molecule has 70 valence electrons. The van der Waals surface area contributed by atoms with Gasteiger partial charge in [-0.05, 0) is 18.6 Å². The van der Waals surface area contributed by atoms with Crippen LogP contribution < -0.4 is 10.5 Å². The molecule has 0 fully saturated rings. The lowest BCUT2D eigenvalue weighted by Crippen LogP contribution is -2.15. The summed E-state index contributed by atoms with van der Waals surface area (Å²) in [5, 5.41) is 0. The molecule has 0 atom stereocenters. The van der Waals surface area contributed by atoms with E-state index < -0.39 is 11.7 Å². The van der Waals surface area contributed by atoms with Crippen molar-refractivity contribution in [3.8, 4) is 5.75 Å². The SMILES string of the molecule is COc1cc(C)c(C(N)=O)c(F)c1. The first-order valence-corrected chi connectivity index (χ1v) is 3.70. The Bertz CT molecular complexity index is 326. The predicted octanol–water partition coefficient (Wildman–Crippen LogP) is 1.24. The molecule has 13 heavy (non-hydrogen) atoms. The van der Waals surface area contributed by atoms with Gasteiger partial charge in [0.15, 0.2) is 0 Å². The summed E-state index contributed by atoms with van der Waals surface area (Å²) in [5.41, 5.74) is 5.38. The molecule has 1 rings (SSSR count). The van der Waals surface area contributed by atoms with Crippen molar-refractivity contribution in [1.29, 1.82) is 0 Å². The number of ether oxygens (including phenoxy) is 1. The molecule has 0 aromatic heterocycles. The molecular formula is C9H10FNO2. The van der Waals surface area contributed by atoms with Gasteiger partial charge in [-0.3, -0.25) is 4.79 Å². The highest BCUT2D eigenvalue weighted by Gasteiger charge is 2.12. The third-order valence-electron chi connectivity index (χ3n) is 1.74. The molecule has 0 aliphatic heterocycles. The van der Waals surface area contributed by atoms with Crippen LogP contribution in [-0.2, 0) is 0 Å². The lowest BCUT2D eigenvalue weighted by molar-refractivity contribution is 0.0996. The normalized spacial score (nSPS) is 9.77. The summed E-state index contributed by atoms with van der Waals surface area (Å²) in [4.78, 5) is 10.8. The van der Waals surface area contributed by atoms with Gasteiger partial charge in [0.1, 0.15) is 11.6 Å². The van der Waals surface area contributed by atoms with Crippen molar-refractivity contribution in [2.24, 2.45) is 5.73 Å². The Balaban J connectivity index is 3.31. The summed E-state index contributed by atoms with van der Waals surface area (Å²) in [7, 11) is 1.43. The molecule has 0 saturated carbocycles. The Morgan fingerprint density at radius 1 is 1.54 bits per heavy atom. The van der Waals surface area contributed by atoms with Crippen molar-refractivity contribution in [2.45, 2.75) is 6.92 Å². The zero-order chi connectivity index (χ0) is 10.0. The molecule has 2 N–H and O–H groups in total. The van der Waals surface area contributed by atoms with Crippen LogP contribution in [0.4, 0.5) is 4.39 Å². The van der Waals surface area contributed by atoms with E-state index in [-0.39, 0.29) is 5.56 Å². The van der Waals surface area contributed by atoms with Crippen molar-refractivity contribution in [3.63, 3.8) is 0 Å². The summed E-state index contributed by atoms with van der Waals surface area (Å²) in [6, 6.07) is 2.69. The minimum Gasteiger partial charge on any atom is -0.497 e. The molecule has 4 heteroatoms. The Morgan fingerprint density at radius 2 is 2.15 bits per heavy atom. The van der Waals surface area contributed by atoms with E-state index >= 15 is 0 Å². The van der Waals surface area contributed by atoms with Crippen LogP contribution in [0.15, 0.2) is 12.1 Å². The van der Waals surface area contributed by atoms with Crippen molar-refractivity contribution < 1.29 is 13.9 Å². The fraction of sp³-hybridized carbons (Fsp3) is 0.222. The standard InChI is InChI=1S/C9H10FNO2/c1-5-3-6(13-2)4-7(10)8(5)9(11)12/h3-4H,1-2H3,(H2,11,12). The maximum atomic E-state index is 13.2. The average Bonchev–Trinajstić information content (AvgIpc) is 2.02. The topological polar surface area (TPSA) is 52.3 Å². The smallest absolute Gasteiger partial charge is 0.251 e. The van der Waals surface area contributed by atoms with E-state index in [1.165, 1.54) is 7.11 Å². The highest BCUT2D eigenvalue weighted by Crippen LogP contribution is 2.20. The molecule has 1 amide bonds. The number of hydrogen-bond acceptors (Lipinski definition) is 2. The summed E-state index contributed by atoms with van der Waals surface area (Å²) >= 11 is 0. The highest BCUT2D eigenvalue weighted by molar-refractivity contribution is 5.94. The Labute approximate surface area is 75.3 Å². The number of carbonyl (C=O) groups is 1. The van der Waals surface area contributed by atoms with Crippen LogP contribution in [0.1, 0.15) is 15.9 Å². The molecule has 0 saturated heterocycles. The molecule has 0 unspecified atom stereocenters. The first-order chi connectivity index (χ1) is 6.06. The molecule has 1 aromatic carbocycles. The second-order valence-corrected chi connectivity index (χ2v) is 2.67. The van der Waals surface area contributed by atoms with Crippen molar-refractivity contribution in [1.82, 2.24) is 0 Å². The van der Waals surface area contributed by atoms with Gasteiger partial charge in [-0.15, -0.1) is 0 Å². The van der Waals surface area contributed by atoms with Crippen LogP contribution in [0.25, 0.3) is 0 Å². The molecule has 0 radical (unpaired) electrons. The molecule has 0 spiro atoms. The molecule has 3 nitrogen and oxygen atoms in total.